The van der Waals surface area contributed by atoms with E-state index in [2.05, 4.69) is 11.8 Å². The van der Waals surface area contributed by atoms with Gasteiger partial charge in [-0.2, -0.15) is 0 Å². The fourth-order valence-electron chi connectivity index (χ4n) is 1.70. The van der Waals surface area contributed by atoms with Crippen molar-refractivity contribution in [3.05, 3.63) is 24.3 Å². The first-order valence-corrected chi connectivity index (χ1v) is 5.94. The van der Waals surface area contributed by atoms with Crippen molar-refractivity contribution in [1.29, 1.82) is 0 Å². The smallest absolute Gasteiger partial charge is 0.222 e. The molecule has 0 aromatic heterocycles. The van der Waals surface area contributed by atoms with Gasteiger partial charge in [-0.15, -0.1) is 0 Å². The van der Waals surface area contributed by atoms with Gasteiger partial charge in [0.25, 0.3) is 0 Å². The summed E-state index contributed by atoms with van der Waals surface area (Å²) >= 11 is 0. The van der Waals surface area contributed by atoms with Crippen LogP contribution in [0.3, 0.4) is 0 Å². The van der Waals surface area contributed by atoms with Crippen molar-refractivity contribution in [2.75, 3.05) is 23.7 Å². The van der Waals surface area contributed by atoms with Crippen LogP contribution in [0.1, 0.15) is 20.3 Å². The molecule has 1 rings (SSSR count). The summed E-state index contributed by atoms with van der Waals surface area (Å²) in [6, 6.07) is 7.68. The zero-order chi connectivity index (χ0) is 12.8. The predicted molar refractivity (Wildman–Crippen MR) is 71.7 cm³/mol. The third-order valence-electron chi connectivity index (χ3n) is 2.73. The lowest BCUT2D eigenvalue weighted by molar-refractivity contribution is -0.121. The number of nitrogen functional groups attached to an aromatic ring is 1. The molecule has 0 bridgehead atoms. The van der Waals surface area contributed by atoms with Crippen molar-refractivity contribution in [3.8, 4) is 0 Å². The molecule has 17 heavy (non-hydrogen) atoms. The SMILES string of the molecule is CCCN(CC(C)C(N)=O)c1ccc(N)cc1. The molecule has 0 radical (unpaired) electrons. The maximum absolute atomic E-state index is 11.1. The molecule has 1 unspecified atom stereocenters. The van der Waals surface area contributed by atoms with Crippen LogP contribution in [0.15, 0.2) is 24.3 Å². The van der Waals surface area contributed by atoms with Gasteiger partial charge < -0.3 is 16.4 Å². The third-order valence-corrected chi connectivity index (χ3v) is 2.73. The Labute approximate surface area is 103 Å². The number of amides is 1. The van der Waals surface area contributed by atoms with Crippen LogP contribution >= 0.6 is 0 Å². The van der Waals surface area contributed by atoms with Gasteiger partial charge in [0.05, 0.1) is 5.92 Å². The van der Waals surface area contributed by atoms with Gasteiger partial charge in [0.2, 0.25) is 5.91 Å². The minimum absolute atomic E-state index is 0.154. The number of carbonyl (C=O) groups is 1. The molecule has 0 saturated heterocycles. The molecule has 0 spiro atoms. The number of benzene rings is 1. The summed E-state index contributed by atoms with van der Waals surface area (Å²) in [6.45, 7) is 5.51. The Morgan fingerprint density at radius 3 is 2.41 bits per heavy atom. The van der Waals surface area contributed by atoms with E-state index in [4.69, 9.17) is 11.5 Å². The normalized spacial score (nSPS) is 12.1. The number of nitrogens with two attached hydrogens (primary N) is 2. The van der Waals surface area contributed by atoms with Crippen LogP contribution in [-0.2, 0) is 4.79 Å². The summed E-state index contributed by atoms with van der Waals surface area (Å²) in [7, 11) is 0. The van der Waals surface area contributed by atoms with Crippen LogP contribution < -0.4 is 16.4 Å². The standard InChI is InChI=1S/C13H21N3O/c1-3-8-16(9-10(2)13(15)17)12-6-4-11(14)5-7-12/h4-7,10H,3,8-9,14H2,1-2H3,(H2,15,17). The molecule has 1 amide bonds. The Bertz CT molecular complexity index is 361. The van der Waals surface area contributed by atoms with Crippen LogP contribution in [0.4, 0.5) is 11.4 Å². The van der Waals surface area contributed by atoms with Gasteiger partial charge in [0, 0.05) is 24.5 Å². The van der Waals surface area contributed by atoms with Gasteiger partial charge in [-0.1, -0.05) is 13.8 Å². The van der Waals surface area contributed by atoms with Crippen molar-refractivity contribution in [2.24, 2.45) is 11.7 Å². The second kappa shape index (κ2) is 6.13. The van der Waals surface area contributed by atoms with E-state index >= 15 is 0 Å². The van der Waals surface area contributed by atoms with E-state index < -0.39 is 0 Å². The van der Waals surface area contributed by atoms with E-state index in [0.717, 1.165) is 24.3 Å². The summed E-state index contributed by atoms with van der Waals surface area (Å²) in [5.41, 5.74) is 12.8. The fraction of sp³-hybridized carbons (Fsp3) is 0.462. The van der Waals surface area contributed by atoms with Gasteiger partial charge in [-0.05, 0) is 30.7 Å². The maximum atomic E-state index is 11.1. The second-order valence-electron chi connectivity index (χ2n) is 4.34. The van der Waals surface area contributed by atoms with E-state index in [9.17, 15) is 4.79 Å². The van der Waals surface area contributed by atoms with Gasteiger partial charge in [0.1, 0.15) is 0 Å². The number of primary amides is 1. The number of rotatable bonds is 6. The largest absolute Gasteiger partial charge is 0.399 e. The van der Waals surface area contributed by atoms with Crippen LogP contribution in [0.2, 0.25) is 0 Å². The number of nitrogens with zero attached hydrogens (tertiary/aromatic N) is 1. The number of hydrogen-bond donors (Lipinski definition) is 2. The zero-order valence-corrected chi connectivity index (χ0v) is 10.5. The van der Waals surface area contributed by atoms with Crippen molar-refractivity contribution in [2.45, 2.75) is 20.3 Å². The van der Waals surface area contributed by atoms with Crippen molar-refractivity contribution in [1.82, 2.24) is 0 Å². The highest BCUT2D eigenvalue weighted by Crippen LogP contribution is 2.18. The lowest BCUT2D eigenvalue weighted by Gasteiger charge is -2.26. The number of anilines is 2. The highest BCUT2D eigenvalue weighted by Gasteiger charge is 2.14. The molecule has 4 heteroatoms. The molecule has 1 aromatic rings. The fourth-order valence-corrected chi connectivity index (χ4v) is 1.70. The molecule has 4 nitrogen and oxygen atoms in total. The van der Waals surface area contributed by atoms with E-state index in [1.54, 1.807) is 0 Å². The summed E-state index contributed by atoms with van der Waals surface area (Å²) in [5.74, 6) is -0.416. The van der Waals surface area contributed by atoms with Gasteiger partial charge in [0.15, 0.2) is 0 Å². The molecule has 0 aliphatic rings. The number of carbonyl (C=O) groups excluding carboxylic acids is 1. The lowest BCUT2D eigenvalue weighted by Crippen LogP contribution is -2.35. The highest BCUT2D eigenvalue weighted by molar-refractivity contribution is 5.77. The Hall–Kier alpha value is -1.71. The lowest BCUT2D eigenvalue weighted by atomic mass is 10.1. The van der Waals surface area contributed by atoms with E-state index in [-0.39, 0.29) is 11.8 Å². The Morgan fingerprint density at radius 2 is 1.94 bits per heavy atom. The number of hydrogen-bond acceptors (Lipinski definition) is 3. The molecule has 1 aromatic carbocycles. The molecule has 1 atom stereocenters. The van der Waals surface area contributed by atoms with E-state index in [1.807, 2.05) is 31.2 Å². The third kappa shape index (κ3) is 3.98. The predicted octanol–water partition coefficient (Wildman–Crippen LogP) is 1.61. The van der Waals surface area contributed by atoms with Crippen molar-refractivity contribution >= 4 is 17.3 Å². The summed E-state index contributed by atoms with van der Waals surface area (Å²) in [4.78, 5) is 13.3. The Balaban J connectivity index is 2.78. The average Bonchev–Trinajstić information content (AvgIpc) is 2.29. The molecule has 0 aliphatic heterocycles. The summed E-state index contributed by atoms with van der Waals surface area (Å²) < 4.78 is 0. The molecule has 0 fully saturated rings. The summed E-state index contributed by atoms with van der Waals surface area (Å²) in [6.07, 6.45) is 1.02. The monoisotopic (exact) mass is 235 g/mol. The van der Waals surface area contributed by atoms with E-state index in [0.29, 0.717) is 6.54 Å². The Kier molecular flexibility index (Phi) is 4.82. The van der Waals surface area contributed by atoms with Crippen LogP contribution in [-0.4, -0.2) is 19.0 Å². The molecule has 94 valence electrons. The molecule has 0 saturated carbocycles. The molecule has 0 aliphatic carbocycles. The zero-order valence-electron chi connectivity index (χ0n) is 10.5. The second-order valence-corrected chi connectivity index (χ2v) is 4.34. The van der Waals surface area contributed by atoms with Crippen LogP contribution in [0.25, 0.3) is 0 Å². The van der Waals surface area contributed by atoms with Crippen molar-refractivity contribution in [3.63, 3.8) is 0 Å². The minimum Gasteiger partial charge on any atom is -0.399 e. The van der Waals surface area contributed by atoms with E-state index in [1.165, 1.54) is 0 Å². The molecular weight excluding hydrogens is 214 g/mol. The van der Waals surface area contributed by atoms with Gasteiger partial charge in [-0.25, -0.2) is 0 Å². The minimum atomic E-state index is -0.262. The topological polar surface area (TPSA) is 72.3 Å². The molecule has 4 N–H and O–H groups in total. The van der Waals surface area contributed by atoms with Crippen molar-refractivity contribution < 1.29 is 4.79 Å². The molecular formula is C13H21N3O. The van der Waals surface area contributed by atoms with Gasteiger partial charge >= 0.3 is 0 Å². The maximum Gasteiger partial charge on any atom is 0.222 e. The first-order chi connectivity index (χ1) is 8.04. The average molecular weight is 235 g/mol. The van der Waals surface area contributed by atoms with Crippen LogP contribution in [0, 0.1) is 5.92 Å². The summed E-state index contributed by atoms with van der Waals surface area (Å²) in [5, 5.41) is 0. The highest BCUT2D eigenvalue weighted by atomic mass is 16.1. The first-order valence-electron chi connectivity index (χ1n) is 5.94. The van der Waals surface area contributed by atoms with Crippen LogP contribution in [0.5, 0.6) is 0 Å². The molecule has 0 heterocycles. The quantitative estimate of drug-likeness (QED) is 0.736. The first kappa shape index (κ1) is 13.4. The Morgan fingerprint density at radius 1 is 1.35 bits per heavy atom. The van der Waals surface area contributed by atoms with Gasteiger partial charge in [-0.3, -0.25) is 4.79 Å².